The van der Waals surface area contributed by atoms with Gasteiger partial charge in [0.25, 0.3) is 0 Å². The summed E-state index contributed by atoms with van der Waals surface area (Å²) < 4.78 is 8.62. The fraction of sp³-hybridized carbons (Fsp3) is 0.169. The van der Waals surface area contributed by atoms with E-state index in [-0.39, 0.29) is 11.0 Å². The smallest absolute Gasteiger partial charge is 0.120 e. The zero-order chi connectivity index (χ0) is 46.7. The minimum atomic E-state index is -0.273. The molecule has 9 aromatic carbocycles. The molecule has 0 spiro atoms. The van der Waals surface area contributed by atoms with E-state index in [9.17, 15) is 0 Å². The lowest BCUT2D eigenvalue weighted by atomic mass is 9.82. The molecule has 1 heterocycles. The molecule has 0 saturated carbocycles. The minimum absolute atomic E-state index is 0.112. The first kappa shape index (κ1) is 43.0. The molecule has 3 nitrogen and oxygen atoms in total. The standard InChI is InChI=1S/C65H58N2O/c1-8-43(2)44-18-20-47(21-19-44)49-26-38-62-58(40-49)59-41-50(27-39-63(59)67(62)53-32-35-55(36-33-53)68-64(3,4)5)48-24-30-52(31-25-48)66(51-28-22-46(23-29-51)45-14-10-9-11-15-45)54-34-37-57-56-16-12-13-17-60(56)65(6,7)61(57)42-54/h9-43H,8H2,1-7H3. The lowest BCUT2D eigenvalue weighted by Crippen LogP contribution is -2.22. The zero-order valence-corrected chi connectivity index (χ0v) is 40.2. The van der Waals surface area contributed by atoms with Crippen molar-refractivity contribution in [3.8, 4) is 55.9 Å². The second kappa shape index (κ2) is 16.9. The number of benzene rings is 9. The summed E-state index contributed by atoms with van der Waals surface area (Å²) in [5.41, 5.74) is 20.4. The molecule has 0 saturated heterocycles. The van der Waals surface area contributed by atoms with Crippen molar-refractivity contribution >= 4 is 38.9 Å². The molecule has 1 aliphatic carbocycles. The third kappa shape index (κ3) is 7.76. The van der Waals surface area contributed by atoms with Gasteiger partial charge in [0.15, 0.2) is 0 Å². The molecule has 0 bridgehead atoms. The lowest BCUT2D eigenvalue weighted by molar-refractivity contribution is 0.131. The number of nitrogens with zero attached hydrogens (tertiary/aromatic N) is 2. The average molecular weight is 883 g/mol. The van der Waals surface area contributed by atoms with Crippen LogP contribution in [0.5, 0.6) is 5.75 Å². The Morgan fingerprint density at radius 3 is 1.54 bits per heavy atom. The molecule has 0 radical (unpaired) electrons. The Kier molecular flexibility index (Phi) is 10.7. The number of fused-ring (bicyclic) bond motifs is 6. The van der Waals surface area contributed by atoms with Gasteiger partial charge in [0.1, 0.15) is 11.4 Å². The highest BCUT2D eigenvalue weighted by Crippen LogP contribution is 2.51. The van der Waals surface area contributed by atoms with Crippen molar-refractivity contribution in [2.45, 2.75) is 71.8 Å². The maximum atomic E-state index is 6.23. The molecule has 0 amide bonds. The van der Waals surface area contributed by atoms with Crippen LogP contribution < -0.4 is 9.64 Å². The zero-order valence-electron chi connectivity index (χ0n) is 40.2. The third-order valence-electron chi connectivity index (χ3n) is 14.2. The molecular formula is C65H58N2O. The molecule has 0 N–H and O–H groups in total. The van der Waals surface area contributed by atoms with Crippen LogP contribution in [0.15, 0.2) is 206 Å². The van der Waals surface area contributed by atoms with Crippen molar-refractivity contribution < 1.29 is 4.74 Å². The summed E-state index contributed by atoms with van der Waals surface area (Å²) in [5, 5.41) is 2.44. The Bertz CT molecular complexity index is 3440. The lowest BCUT2D eigenvalue weighted by Gasteiger charge is -2.28. The van der Waals surface area contributed by atoms with Crippen molar-refractivity contribution in [2.75, 3.05) is 4.90 Å². The van der Waals surface area contributed by atoms with Crippen LogP contribution in [0.2, 0.25) is 0 Å². The first-order valence-electron chi connectivity index (χ1n) is 24.2. The van der Waals surface area contributed by atoms with Crippen LogP contribution in [-0.2, 0) is 5.41 Å². The Morgan fingerprint density at radius 2 is 0.971 bits per heavy atom. The summed E-state index contributed by atoms with van der Waals surface area (Å²) in [6.07, 6.45) is 1.13. The van der Waals surface area contributed by atoms with E-state index in [1.54, 1.807) is 0 Å². The summed E-state index contributed by atoms with van der Waals surface area (Å²) in [6.45, 7) is 15.5. The van der Waals surface area contributed by atoms with Gasteiger partial charge < -0.3 is 14.2 Å². The summed E-state index contributed by atoms with van der Waals surface area (Å²) in [5.74, 6) is 1.40. The average Bonchev–Trinajstić information content (AvgIpc) is 3.81. The highest BCUT2D eigenvalue weighted by Gasteiger charge is 2.35. The van der Waals surface area contributed by atoms with E-state index in [1.165, 1.54) is 83.0 Å². The maximum absolute atomic E-state index is 6.23. The Hall–Kier alpha value is -7.62. The molecule has 10 aromatic rings. The minimum Gasteiger partial charge on any atom is -0.488 e. The van der Waals surface area contributed by atoms with Gasteiger partial charge in [-0.2, -0.15) is 0 Å². The molecule has 0 aliphatic heterocycles. The molecule has 68 heavy (non-hydrogen) atoms. The largest absolute Gasteiger partial charge is 0.488 e. The van der Waals surface area contributed by atoms with Crippen LogP contribution in [0.25, 0.3) is 72.0 Å². The summed E-state index contributed by atoms with van der Waals surface area (Å²) in [6, 6.07) is 76.2. The molecule has 3 heteroatoms. The van der Waals surface area contributed by atoms with E-state index in [0.29, 0.717) is 5.92 Å². The Morgan fingerprint density at radius 1 is 0.485 bits per heavy atom. The van der Waals surface area contributed by atoms with E-state index in [1.807, 2.05) is 0 Å². The molecule has 1 unspecified atom stereocenters. The summed E-state index contributed by atoms with van der Waals surface area (Å²) in [4.78, 5) is 2.41. The normalized spacial score (nSPS) is 13.3. The number of anilines is 3. The number of ether oxygens (including phenoxy) is 1. The van der Waals surface area contributed by atoms with Crippen molar-refractivity contribution in [2.24, 2.45) is 0 Å². The molecule has 0 fully saturated rings. The fourth-order valence-electron chi connectivity index (χ4n) is 10.4. The first-order chi connectivity index (χ1) is 32.9. The molecule has 1 aromatic heterocycles. The van der Waals surface area contributed by atoms with Crippen LogP contribution >= 0.6 is 0 Å². The van der Waals surface area contributed by atoms with Gasteiger partial charge in [-0.25, -0.2) is 0 Å². The van der Waals surface area contributed by atoms with E-state index >= 15 is 0 Å². The SMILES string of the molecule is CCC(C)c1ccc(-c2ccc3c(c2)c2cc(-c4ccc(N(c5ccc(-c6ccccc6)cc5)c5ccc6c(c5)C(C)(C)c5ccccc5-6)cc4)ccc2n3-c2ccc(OC(C)(C)C)cc2)cc1. The summed E-state index contributed by atoms with van der Waals surface area (Å²) in [7, 11) is 0. The monoisotopic (exact) mass is 882 g/mol. The number of aromatic nitrogens is 1. The van der Waals surface area contributed by atoms with Crippen LogP contribution in [0.1, 0.15) is 77.5 Å². The van der Waals surface area contributed by atoms with Gasteiger partial charge in [-0.05, 0) is 179 Å². The highest BCUT2D eigenvalue weighted by molar-refractivity contribution is 6.11. The number of hydrogen-bond acceptors (Lipinski definition) is 2. The molecular weight excluding hydrogens is 825 g/mol. The van der Waals surface area contributed by atoms with Gasteiger partial charge in [-0.3, -0.25) is 0 Å². The maximum Gasteiger partial charge on any atom is 0.120 e. The van der Waals surface area contributed by atoms with Crippen molar-refractivity contribution in [3.63, 3.8) is 0 Å². The fourth-order valence-corrected chi connectivity index (χ4v) is 10.4. The predicted octanol–water partition coefficient (Wildman–Crippen LogP) is 18.3. The van der Waals surface area contributed by atoms with Crippen molar-refractivity contribution in [1.29, 1.82) is 0 Å². The highest BCUT2D eigenvalue weighted by atomic mass is 16.5. The van der Waals surface area contributed by atoms with Crippen molar-refractivity contribution in [3.05, 3.63) is 223 Å². The first-order valence-corrected chi connectivity index (χ1v) is 24.2. The Labute approximate surface area is 401 Å². The van der Waals surface area contributed by atoms with Crippen LogP contribution in [-0.4, -0.2) is 10.2 Å². The predicted molar refractivity (Wildman–Crippen MR) is 288 cm³/mol. The quantitative estimate of drug-likeness (QED) is 0.136. The molecule has 1 atom stereocenters. The van der Waals surface area contributed by atoms with Gasteiger partial charge in [0, 0.05) is 38.9 Å². The summed E-state index contributed by atoms with van der Waals surface area (Å²) >= 11 is 0. The van der Waals surface area contributed by atoms with Gasteiger partial charge in [0.05, 0.1) is 11.0 Å². The topological polar surface area (TPSA) is 17.4 Å². The second-order valence-electron chi connectivity index (χ2n) is 20.1. The van der Waals surface area contributed by atoms with Gasteiger partial charge >= 0.3 is 0 Å². The van der Waals surface area contributed by atoms with Gasteiger partial charge in [0.2, 0.25) is 0 Å². The second-order valence-corrected chi connectivity index (χ2v) is 20.1. The third-order valence-corrected chi connectivity index (χ3v) is 14.2. The van der Waals surface area contributed by atoms with E-state index < -0.39 is 0 Å². The van der Waals surface area contributed by atoms with Crippen molar-refractivity contribution in [1.82, 2.24) is 4.57 Å². The van der Waals surface area contributed by atoms with Gasteiger partial charge in [-0.15, -0.1) is 0 Å². The van der Waals surface area contributed by atoms with E-state index in [4.69, 9.17) is 4.74 Å². The number of rotatable bonds is 10. The van der Waals surface area contributed by atoms with E-state index in [0.717, 1.165) is 34.9 Å². The molecule has 11 rings (SSSR count). The van der Waals surface area contributed by atoms with Crippen LogP contribution in [0.3, 0.4) is 0 Å². The number of hydrogen-bond donors (Lipinski definition) is 0. The van der Waals surface area contributed by atoms with Gasteiger partial charge in [-0.1, -0.05) is 149 Å². The van der Waals surface area contributed by atoms with Crippen LogP contribution in [0, 0.1) is 0 Å². The van der Waals surface area contributed by atoms with Crippen LogP contribution in [0.4, 0.5) is 17.1 Å². The molecule has 1 aliphatic rings. The Balaban J connectivity index is 1.00. The molecule has 334 valence electrons. The van der Waals surface area contributed by atoms with E-state index in [2.05, 4.69) is 264 Å².